The van der Waals surface area contributed by atoms with Gasteiger partial charge in [0.15, 0.2) is 0 Å². The first-order chi connectivity index (χ1) is 16.2. The van der Waals surface area contributed by atoms with Crippen LogP contribution in [0.5, 0.6) is 0 Å². The molecule has 5 atom stereocenters. The van der Waals surface area contributed by atoms with Crippen LogP contribution in [-0.4, -0.2) is 48.3 Å². The van der Waals surface area contributed by atoms with Gasteiger partial charge in [-0.05, 0) is 57.2 Å². The molecule has 8 nitrogen and oxygen atoms in total. The number of benzene rings is 1. The zero-order valence-corrected chi connectivity index (χ0v) is 21.1. The highest BCUT2D eigenvalue weighted by molar-refractivity contribution is 5.87. The molecule has 8 heteroatoms. The molecule has 3 N–H and O–H groups in total. The summed E-state index contributed by atoms with van der Waals surface area (Å²) < 4.78 is 1.95. The van der Waals surface area contributed by atoms with E-state index in [2.05, 4.69) is 71.0 Å². The van der Waals surface area contributed by atoms with Crippen molar-refractivity contribution in [2.24, 2.45) is 11.8 Å². The van der Waals surface area contributed by atoms with Gasteiger partial charge in [-0.15, -0.1) is 0 Å². The van der Waals surface area contributed by atoms with Gasteiger partial charge >= 0.3 is 0 Å². The van der Waals surface area contributed by atoms with Crippen molar-refractivity contribution in [2.75, 3.05) is 30.9 Å². The van der Waals surface area contributed by atoms with Gasteiger partial charge in [0.05, 0.1) is 24.1 Å². The van der Waals surface area contributed by atoms with Crippen LogP contribution < -0.4 is 20.9 Å². The number of piperidine rings is 1. The van der Waals surface area contributed by atoms with Crippen molar-refractivity contribution in [3.63, 3.8) is 0 Å². The molecule has 34 heavy (non-hydrogen) atoms. The third-order valence-corrected chi connectivity index (χ3v) is 7.23. The quantitative estimate of drug-likeness (QED) is 0.607. The van der Waals surface area contributed by atoms with Crippen LogP contribution in [0.2, 0.25) is 0 Å². The number of hydrogen-bond donors (Lipinski definition) is 3. The molecule has 2 aliphatic heterocycles. The number of amides is 2. The Morgan fingerprint density at radius 3 is 2.50 bits per heavy atom. The first kappa shape index (κ1) is 24.1. The van der Waals surface area contributed by atoms with Crippen molar-refractivity contribution in [3.05, 3.63) is 41.6 Å². The van der Waals surface area contributed by atoms with E-state index in [1.165, 1.54) is 0 Å². The number of rotatable bonds is 6. The topological polar surface area (TPSA) is 91.3 Å². The van der Waals surface area contributed by atoms with Crippen LogP contribution in [0.3, 0.4) is 0 Å². The molecule has 5 unspecified atom stereocenters. The molecule has 1 saturated heterocycles. The molecule has 0 spiro atoms. The van der Waals surface area contributed by atoms with Crippen LogP contribution in [0.4, 0.5) is 11.5 Å². The maximum Gasteiger partial charge on any atom is 0.227 e. The molecule has 0 radical (unpaired) electrons. The SMILES string of the molecule is CC1CC(C)C(CNC(=O)C2CC(c3ccc(N(C)C)cc3)Nc3c2cnn3C(C)C)C(=O)N1. The fourth-order valence-corrected chi connectivity index (χ4v) is 5.25. The van der Waals surface area contributed by atoms with Crippen LogP contribution >= 0.6 is 0 Å². The smallest absolute Gasteiger partial charge is 0.227 e. The second-order valence-corrected chi connectivity index (χ2v) is 10.4. The molecule has 184 valence electrons. The van der Waals surface area contributed by atoms with Gasteiger partial charge in [-0.25, -0.2) is 4.68 Å². The lowest BCUT2D eigenvalue weighted by Gasteiger charge is -2.34. The Morgan fingerprint density at radius 1 is 1.18 bits per heavy atom. The predicted molar refractivity (Wildman–Crippen MR) is 135 cm³/mol. The Hall–Kier alpha value is -3.03. The summed E-state index contributed by atoms with van der Waals surface area (Å²) in [6, 6.07) is 8.80. The van der Waals surface area contributed by atoms with Crippen molar-refractivity contribution in [1.82, 2.24) is 20.4 Å². The lowest BCUT2D eigenvalue weighted by Crippen LogP contribution is -2.50. The predicted octanol–water partition coefficient (Wildman–Crippen LogP) is 3.45. The van der Waals surface area contributed by atoms with Crippen LogP contribution in [0.15, 0.2) is 30.5 Å². The maximum absolute atomic E-state index is 13.5. The molecule has 2 aliphatic rings. The summed E-state index contributed by atoms with van der Waals surface area (Å²) >= 11 is 0. The van der Waals surface area contributed by atoms with Gasteiger partial charge in [-0.3, -0.25) is 9.59 Å². The minimum atomic E-state index is -0.330. The van der Waals surface area contributed by atoms with Gasteiger partial charge in [-0.2, -0.15) is 5.10 Å². The van der Waals surface area contributed by atoms with E-state index in [1.54, 1.807) is 0 Å². The summed E-state index contributed by atoms with van der Waals surface area (Å²) in [6.07, 6.45) is 3.37. The number of anilines is 2. The fraction of sp³-hybridized carbons (Fsp3) is 0.577. The van der Waals surface area contributed by atoms with E-state index in [0.29, 0.717) is 13.0 Å². The van der Waals surface area contributed by atoms with Gasteiger partial charge in [0, 0.05) is 44.0 Å². The first-order valence-electron chi connectivity index (χ1n) is 12.3. The zero-order chi connectivity index (χ0) is 24.6. The fourth-order valence-electron chi connectivity index (χ4n) is 5.25. The van der Waals surface area contributed by atoms with Gasteiger partial charge in [-0.1, -0.05) is 19.1 Å². The number of carbonyl (C=O) groups is 2. The van der Waals surface area contributed by atoms with E-state index in [4.69, 9.17) is 0 Å². The van der Waals surface area contributed by atoms with Gasteiger partial charge in [0.2, 0.25) is 11.8 Å². The van der Waals surface area contributed by atoms with E-state index in [9.17, 15) is 9.59 Å². The molecule has 0 aliphatic carbocycles. The molecule has 0 saturated carbocycles. The highest BCUT2D eigenvalue weighted by Crippen LogP contribution is 2.41. The van der Waals surface area contributed by atoms with Crippen LogP contribution in [0.25, 0.3) is 0 Å². The molecule has 1 aromatic carbocycles. The maximum atomic E-state index is 13.5. The van der Waals surface area contributed by atoms with Gasteiger partial charge in [0.1, 0.15) is 5.82 Å². The number of aromatic nitrogens is 2. The number of nitrogens with one attached hydrogen (secondary N) is 3. The van der Waals surface area contributed by atoms with Crippen molar-refractivity contribution < 1.29 is 9.59 Å². The summed E-state index contributed by atoms with van der Waals surface area (Å²) in [5, 5.41) is 14.3. The largest absolute Gasteiger partial charge is 0.378 e. The number of carbonyl (C=O) groups excluding carboxylic acids is 2. The van der Waals surface area contributed by atoms with Crippen LogP contribution in [-0.2, 0) is 9.59 Å². The molecule has 3 heterocycles. The minimum Gasteiger partial charge on any atom is -0.378 e. The molecule has 2 amide bonds. The van der Waals surface area contributed by atoms with E-state index >= 15 is 0 Å². The number of hydrogen-bond acceptors (Lipinski definition) is 5. The normalized spacial score (nSPS) is 26.4. The third kappa shape index (κ3) is 4.76. The summed E-state index contributed by atoms with van der Waals surface area (Å²) in [6.45, 7) is 8.65. The summed E-state index contributed by atoms with van der Waals surface area (Å²) in [7, 11) is 4.05. The summed E-state index contributed by atoms with van der Waals surface area (Å²) in [5.41, 5.74) is 3.19. The number of nitrogens with zero attached hydrogens (tertiary/aromatic N) is 3. The Morgan fingerprint density at radius 2 is 1.88 bits per heavy atom. The molecule has 1 aromatic heterocycles. The Balaban J connectivity index is 1.55. The Kier molecular flexibility index (Phi) is 6.86. The average molecular weight is 467 g/mol. The third-order valence-electron chi connectivity index (χ3n) is 7.23. The van der Waals surface area contributed by atoms with Gasteiger partial charge in [0.25, 0.3) is 0 Å². The lowest BCUT2D eigenvalue weighted by atomic mass is 9.83. The summed E-state index contributed by atoms with van der Waals surface area (Å²) in [5.74, 6) is 0.598. The van der Waals surface area contributed by atoms with Crippen LogP contribution in [0.1, 0.15) is 69.7 Å². The van der Waals surface area contributed by atoms with Crippen molar-refractivity contribution in [3.8, 4) is 0 Å². The van der Waals surface area contributed by atoms with E-state index in [1.807, 2.05) is 31.9 Å². The summed E-state index contributed by atoms with van der Waals surface area (Å²) in [4.78, 5) is 28.0. The standard InChI is InChI=1S/C26H38N6O2/c1-15(2)32-24-22(14-28-32)20(12-23(30-24)18-7-9-19(10-8-18)31(5)6)25(33)27-13-21-16(3)11-17(4)29-26(21)34/h7-10,14-17,20-21,23,30H,11-13H2,1-6H3,(H,27,33)(H,29,34). The Bertz CT molecular complexity index is 1030. The molecular weight excluding hydrogens is 428 g/mol. The molecule has 1 fully saturated rings. The molecular formula is C26H38N6O2. The Labute approximate surface area is 202 Å². The second-order valence-electron chi connectivity index (χ2n) is 10.4. The minimum absolute atomic E-state index is 0.00795. The van der Waals surface area contributed by atoms with Crippen molar-refractivity contribution in [1.29, 1.82) is 0 Å². The number of fused-ring (bicyclic) bond motifs is 1. The zero-order valence-electron chi connectivity index (χ0n) is 21.1. The highest BCUT2D eigenvalue weighted by Gasteiger charge is 2.37. The van der Waals surface area contributed by atoms with Crippen molar-refractivity contribution >= 4 is 23.3 Å². The highest BCUT2D eigenvalue weighted by atomic mass is 16.2. The van der Waals surface area contributed by atoms with Crippen LogP contribution in [0, 0.1) is 11.8 Å². The monoisotopic (exact) mass is 466 g/mol. The second kappa shape index (κ2) is 9.68. The van der Waals surface area contributed by atoms with Gasteiger partial charge < -0.3 is 20.9 Å². The first-order valence-corrected chi connectivity index (χ1v) is 12.3. The average Bonchev–Trinajstić information content (AvgIpc) is 3.22. The van der Waals surface area contributed by atoms with E-state index in [0.717, 1.165) is 29.1 Å². The lowest BCUT2D eigenvalue weighted by molar-refractivity contribution is -0.130. The van der Waals surface area contributed by atoms with E-state index < -0.39 is 0 Å². The van der Waals surface area contributed by atoms with Crippen molar-refractivity contribution in [2.45, 2.75) is 64.6 Å². The molecule has 4 rings (SSSR count). The molecule has 0 bridgehead atoms. The van der Waals surface area contributed by atoms with E-state index in [-0.39, 0.29) is 47.7 Å². The molecule has 2 aromatic rings.